The van der Waals surface area contributed by atoms with Gasteiger partial charge in [-0.15, -0.1) is 0 Å². The fourth-order valence-corrected chi connectivity index (χ4v) is 3.54. The molecule has 4 nitrogen and oxygen atoms in total. The number of aliphatic hydroxyl groups excluding tert-OH is 1. The molecule has 1 heterocycles. The number of hydrogen-bond acceptors (Lipinski definition) is 4. The molecule has 1 aromatic rings. The quantitative estimate of drug-likeness (QED) is 0.310. The van der Waals surface area contributed by atoms with Gasteiger partial charge in [-0.25, -0.2) is 4.79 Å². The summed E-state index contributed by atoms with van der Waals surface area (Å²) in [4.78, 5) is 13.0. The minimum absolute atomic E-state index is 0. The second-order valence-corrected chi connectivity index (χ2v) is 6.97. The zero-order valence-electron chi connectivity index (χ0n) is 15.1. The summed E-state index contributed by atoms with van der Waals surface area (Å²) in [6, 6.07) is 0. The Balaban J connectivity index is 0.00000529. The van der Waals surface area contributed by atoms with Crippen molar-refractivity contribution in [3.8, 4) is 0 Å². The number of carbonyl (C=O) groups is 1. The molecule has 0 saturated carbocycles. The molecule has 0 aromatic carbocycles. The van der Waals surface area contributed by atoms with Crippen LogP contribution in [0.25, 0.3) is 0 Å². The van der Waals surface area contributed by atoms with Crippen molar-refractivity contribution in [2.75, 3.05) is 13.2 Å². The van der Waals surface area contributed by atoms with E-state index in [0.717, 1.165) is 23.4 Å². The largest absolute Gasteiger partial charge is 1.00 e. The van der Waals surface area contributed by atoms with Gasteiger partial charge in [0.1, 0.15) is 0 Å². The van der Waals surface area contributed by atoms with Gasteiger partial charge >= 0.3 is 5.97 Å². The molecule has 0 atom stereocenters. The van der Waals surface area contributed by atoms with Gasteiger partial charge in [0.25, 0.3) is 0 Å². The molecule has 24 heavy (non-hydrogen) atoms. The van der Waals surface area contributed by atoms with Crippen LogP contribution in [0.15, 0.2) is 5.51 Å². The number of ether oxygens (including phenoxy) is 1. The van der Waals surface area contributed by atoms with E-state index >= 15 is 0 Å². The van der Waals surface area contributed by atoms with Crippen molar-refractivity contribution >= 4 is 17.3 Å². The van der Waals surface area contributed by atoms with Crippen LogP contribution in [0.3, 0.4) is 0 Å². The van der Waals surface area contributed by atoms with E-state index in [9.17, 15) is 4.79 Å². The summed E-state index contributed by atoms with van der Waals surface area (Å²) in [5, 5.41) is 8.99. The maximum atomic E-state index is 11.9. The van der Waals surface area contributed by atoms with E-state index < -0.39 is 0 Å². The molecule has 0 radical (unpaired) electrons. The van der Waals surface area contributed by atoms with Crippen LogP contribution < -0.4 is 17.0 Å². The number of rotatable bonds is 13. The van der Waals surface area contributed by atoms with Crippen LogP contribution in [0.4, 0.5) is 0 Å². The molecule has 0 fully saturated rings. The summed E-state index contributed by atoms with van der Waals surface area (Å²) in [7, 11) is 0. The first-order valence-corrected chi connectivity index (χ1v) is 9.79. The summed E-state index contributed by atoms with van der Waals surface area (Å²) < 4.78 is 7.22. The van der Waals surface area contributed by atoms with E-state index in [4.69, 9.17) is 9.84 Å². The number of thiazole rings is 1. The Labute approximate surface area is 156 Å². The molecular formula is C18H32ClNO3S. The molecule has 0 aliphatic carbocycles. The third-order valence-corrected chi connectivity index (χ3v) is 5.20. The zero-order valence-corrected chi connectivity index (χ0v) is 16.6. The Morgan fingerprint density at radius 1 is 1.17 bits per heavy atom. The van der Waals surface area contributed by atoms with Crippen molar-refractivity contribution in [1.82, 2.24) is 0 Å². The molecule has 6 heteroatoms. The van der Waals surface area contributed by atoms with E-state index in [2.05, 4.69) is 6.92 Å². The van der Waals surface area contributed by atoms with Crippen molar-refractivity contribution in [2.24, 2.45) is 0 Å². The highest BCUT2D eigenvalue weighted by Gasteiger charge is 2.18. The van der Waals surface area contributed by atoms with Gasteiger partial charge in [-0.05, 0) is 6.42 Å². The molecule has 0 unspecified atom stereocenters. The van der Waals surface area contributed by atoms with Crippen molar-refractivity contribution in [3.63, 3.8) is 0 Å². The van der Waals surface area contributed by atoms with E-state index in [1.165, 1.54) is 38.5 Å². The number of aliphatic hydroxyl groups is 1. The predicted molar refractivity (Wildman–Crippen MR) is 93.6 cm³/mol. The van der Waals surface area contributed by atoms with Gasteiger partial charge in [0.05, 0.1) is 11.5 Å². The summed E-state index contributed by atoms with van der Waals surface area (Å²) in [6.45, 7) is 5.15. The Hall–Kier alpha value is -0.650. The molecule has 0 amide bonds. The lowest BCUT2D eigenvalue weighted by atomic mass is 10.1. The first kappa shape index (κ1) is 23.4. The first-order chi connectivity index (χ1) is 11.2. The van der Waals surface area contributed by atoms with Gasteiger partial charge in [-0.2, -0.15) is 4.57 Å². The summed E-state index contributed by atoms with van der Waals surface area (Å²) >= 11 is 1.58. The van der Waals surface area contributed by atoms with Crippen LogP contribution >= 0.6 is 11.3 Å². The third kappa shape index (κ3) is 9.60. The van der Waals surface area contributed by atoms with Crippen LogP contribution in [0.2, 0.25) is 0 Å². The lowest BCUT2D eigenvalue weighted by molar-refractivity contribution is -0.687. The van der Waals surface area contributed by atoms with Crippen molar-refractivity contribution < 1.29 is 31.6 Å². The third-order valence-electron chi connectivity index (χ3n) is 4.06. The van der Waals surface area contributed by atoms with Gasteiger partial charge in [0, 0.05) is 20.0 Å². The molecule has 1 N–H and O–H groups in total. The normalized spacial score (nSPS) is 10.5. The van der Waals surface area contributed by atoms with E-state index in [1.54, 1.807) is 11.3 Å². The van der Waals surface area contributed by atoms with E-state index in [1.807, 2.05) is 17.0 Å². The SMILES string of the molecule is CCCCCCCCCCOC(=O)C[n+]1csc(CCO)c1C.[Cl-]. The maximum Gasteiger partial charge on any atom is 0.372 e. The fourth-order valence-electron chi connectivity index (χ4n) is 2.56. The predicted octanol–water partition coefficient (Wildman–Crippen LogP) is 0.567. The molecular weight excluding hydrogens is 346 g/mol. The molecule has 0 spiro atoms. The van der Waals surface area contributed by atoms with Crippen LogP contribution in [0, 0.1) is 6.92 Å². The molecule has 140 valence electrons. The lowest BCUT2D eigenvalue weighted by Gasteiger charge is -2.03. The lowest BCUT2D eigenvalue weighted by Crippen LogP contribution is -3.00. The van der Waals surface area contributed by atoms with E-state index in [0.29, 0.717) is 13.0 Å². The van der Waals surface area contributed by atoms with Gasteiger partial charge < -0.3 is 22.3 Å². The number of nitrogens with zero attached hydrogens (tertiary/aromatic N) is 1. The topological polar surface area (TPSA) is 50.4 Å². The Morgan fingerprint density at radius 3 is 2.42 bits per heavy atom. The molecule has 1 rings (SSSR count). The minimum Gasteiger partial charge on any atom is -1.00 e. The van der Waals surface area contributed by atoms with Gasteiger partial charge in [0.2, 0.25) is 12.1 Å². The first-order valence-electron chi connectivity index (χ1n) is 8.92. The van der Waals surface area contributed by atoms with Crippen LogP contribution in [0.5, 0.6) is 0 Å². The maximum absolute atomic E-state index is 11.9. The molecule has 1 aromatic heterocycles. The Kier molecular flexibility index (Phi) is 14.3. The Bertz CT molecular complexity index is 451. The summed E-state index contributed by atoms with van der Waals surface area (Å²) in [5.41, 5.74) is 2.98. The molecule has 0 saturated heterocycles. The fraction of sp³-hybridized carbons (Fsp3) is 0.778. The highest BCUT2D eigenvalue weighted by atomic mass is 35.5. The van der Waals surface area contributed by atoms with Crippen LogP contribution in [0.1, 0.15) is 68.9 Å². The number of halogens is 1. The van der Waals surface area contributed by atoms with Crippen LogP contribution in [-0.4, -0.2) is 24.3 Å². The second-order valence-electron chi connectivity index (χ2n) is 6.03. The second kappa shape index (κ2) is 14.7. The van der Waals surface area contributed by atoms with Gasteiger partial charge in [-0.3, -0.25) is 0 Å². The highest BCUT2D eigenvalue weighted by Crippen LogP contribution is 2.11. The zero-order chi connectivity index (χ0) is 16.9. The highest BCUT2D eigenvalue weighted by molar-refractivity contribution is 7.09. The van der Waals surface area contributed by atoms with Crippen molar-refractivity contribution in [3.05, 3.63) is 16.1 Å². The van der Waals surface area contributed by atoms with Crippen molar-refractivity contribution in [1.29, 1.82) is 0 Å². The number of carbonyl (C=O) groups excluding carboxylic acids is 1. The number of esters is 1. The van der Waals surface area contributed by atoms with E-state index in [-0.39, 0.29) is 31.5 Å². The standard InChI is InChI=1S/C18H32NO3S.ClH/c1-3-4-5-6-7-8-9-10-13-22-18(21)14-19-15-23-17(11-12-20)16(19)2;/h15,20H,3-14H2,1-2H3;1H/q+1;/p-1. The molecule has 0 aliphatic heterocycles. The average molecular weight is 378 g/mol. The molecule has 0 bridgehead atoms. The van der Waals surface area contributed by atoms with Gasteiger partial charge in [0.15, 0.2) is 5.69 Å². The monoisotopic (exact) mass is 377 g/mol. The number of aromatic nitrogens is 1. The minimum atomic E-state index is -0.172. The average Bonchev–Trinajstić information content (AvgIpc) is 2.87. The van der Waals surface area contributed by atoms with Crippen LogP contribution in [-0.2, 0) is 22.5 Å². The smallest absolute Gasteiger partial charge is 0.372 e. The Morgan fingerprint density at radius 2 is 1.79 bits per heavy atom. The van der Waals surface area contributed by atoms with Gasteiger partial charge in [-0.1, -0.05) is 63.2 Å². The summed E-state index contributed by atoms with van der Waals surface area (Å²) in [6.07, 6.45) is 10.6. The summed E-state index contributed by atoms with van der Waals surface area (Å²) in [5.74, 6) is -0.172. The number of unbranched alkanes of at least 4 members (excludes halogenated alkanes) is 7. The molecule has 0 aliphatic rings. The number of hydrogen-bond donors (Lipinski definition) is 1. The van der Waals surface area contributed by atoms with Crippen molar-refractivity contribution in [2.45, 2.75) is 78.2 Å².